The van der Waals surface area contributed by atoms with Crippen LogP contribution in [0.4, 0.5) is 8.78 Å². The zero-order chi connectivity index (χ0) is 25.8. The molecule has 1 fully saturated rings. The van der Waals surface area contributed by atoms with Gasteiger partial charge < -0.3 is 16.2 Å². The Hall–Kier alpha value is -1.91. The van der Waals surface area contributed by atoms with E-state index in [1.54, 1.807) is 0 Å². The number of piperidine rings is 1. The van der Waals surface area contributed by atoms with Crippen molar-refractivity contribution < 1.29 is 22.3 Å². The third-order valence-electron chi connectivity index (χ3n) is 6.81. The highest BCUT2D eigenvalue weighted by Gasteiger charge is 2.31. The van der Waals surface area contributed by atoms with Gasteiger partial charge in [-0.25, -0.2) is 21.5 Å². The zero-order valence-electron chi connectivity index (χ0n) is 20.6. The number of aliphatic hydroxyl groups excluding tert-OH is 1. The molecule has 1 aliphatic heterocycles. The van der Waals surface area contributed by atoms with Crippen molar-refractivity contribution >= 4 is 10.0 Å². The quantitative estimate of drug-likeness (QED) is 0.457. The summed E-state index contributed by atoms with van der Waals surface area (Å²) in [6.45, 7) is 5.37. The molecule has 0 spiro atoms. The van der Waals surface area contributed by atoms with E-state index < -0.39 is 33.8 Å². The Balaban J connectivity index is 1.72. The van der Waals surface area contributed by atoms with E-state index in [1.807, 2.05) is 12.1 Å². The number of rotatable bonds is 10. The number of aliphatic hydroxyl groups is 1. The second-order valence-electron chi connectivity index (χ2n) is 9.92. The number of sulfonamides is 1. The summed E-state index contributed by atoms with van der Waals surface area (Å²) in [5.41, 5.74) is 8.85. The van der Waals surface area contributed by atoms with Gasteiger partial charge in [-0.2, -0.15) is 0 Å². The first-order chi connectivity index (χ1) is 16.4. The molecule has 0 amide bonds. The Labute approximate surface area is 207 Å². The van der Waals surface area contributed by atoms with Crippen molar-refractivity contribution in [1.82, 2.24) is 9.62 Å². The lowest BCUT2D eigenvalue weighted by molar-refractivity contribution is 0.128. The highest BCUT2D eigenvalue weighted by atomic mass is 32.2. The van der Waals surface area contributed by atoms with Gasteiger partial charge in [0.05, 0.1) is 12.4 Å². The molecular formula is C26H37F2N3O3S. The summed E-state index contributed by atoms with van der Waals surface area (Å²) in [6, 6.07) is 10.8. The van der Waals surface area contributed by atoms with Crippen molar-refractivity contribution in [3.8, 4) is 0 Å². The molecule has 4 N–H and O–H groups in total. The van der Waals surface area contributed by atoms with Crippen LogP contribution in [-0.4, -0.2) is 55.9 Å². The molecule has 0 aromatic heterocycles. The van der Waals surface area contributed by atoms with Crippen LogP contribution in [0.15, 0.2) is 42.5 Å². The first-order valence-corrected chi connectivity index (χ1v) is 14.0. The van der Waals surface area contributed by atoms with Crippen LogP contribution in [0.2, 0.25) is 0 Å². The number of hydrogen-bond donors (Lipinski definition) is 3. The van der Waals surface area contributed by atoms with Gasteiger partial charge in [-0.15, -0.1) is 0 Å². The Morgan fingerprint density at radius 2 is 1.69 bits per heavy atom. The van der Waals surface area contributed by atoms with Crippen LogP contribution in [0.1, 0.15) is 55.3 Å². The van der Waals surface area contributed by atoms with E-state index in [4.69, 9.17) is 5.73 Å². The summed E-state index contributed by atoms with van der Waals surface area (Å²) in [5, 5.41) is 14.2. The van der Waals surface area contributed by atoms with Crippen LogP contribution in [0.3, 0.4) is 0 Å². The van der Waals surface area contributed by atoms with E-state index in [0.717, 1.165) is 11.6 Å². The van der Waals surface area contributed by atoms with Gasteiger partial charge in [-0.3, -0.25) is 0 Å². The predicted molar refractivity (Wildman–Crippen MR) is 134 cm³/mol. The Bertz CT molecular complexity index is 1070. The molecule has 35 heavy (non-hydrogen) atoms. The molecule has 1 saturated heterocycles. The molecule has 194 valence electrons. The SMILES string of the molecule is CC(C)c1cccc([C@@H](NC[C@@H](O)C(N)Cc2cc(F)cc(F)c2)C2CCN(S(C)(=O)=O)CC2)c1. The molecule has 2 aromatic rings. The first kappa shape index (κ1) is 27.7. The van der Waals surface area contributed by atoms with E-state index in [2.05, 4.69) is 31.3 Å². The smallest absolute Gasteiger partial charge is 0.211 e. The lowest BCUT2D eigenvalue weighted by atomic mass is 9.84. The molecule has 3 rings (SSSR count). The van der Waals surface area contributed by atoms with Gasteiger partial charge in [0.25, 0.3) is 0 Å². The minimum Gasteiger partial charge on any atom is -0.390 e. The van der Waals surface area contributed by atoms with Crippen LogP contribution < -0.4 is 11.1 Å². The van der Waals surface area contributed by atoms with Crippen molar-refractivity contribution in [2.75, 3.05) is 25.9 Å². The summed E-state index contributed by atoms with van der Waals surface area (Å²) in [7, 11) is -3.23. The number of nitrogens with one attached hydrogen (secondary N) is 1. The normalized spacial score (nSPS) is 18.5. The maximum absolute atomic E-state index is 13.5. The van der Waals surface area contributed by atoms with Crippen LogP contribution >= 0.6 is 0 Å². The van der Waals surface area contributed by atoms with E-state index >= 15 is 0 Å². The monoisotopic (exact) mass is 509 g/mol. The number of halogens is 2. The molecule has 1 unspecified atom stereocenters. The summed E-state index contributed by atoms with van der Waals surface area (Å²) in [4.78, 5) is 0. The standard InChI is InChI=1S/C26H37F2N3O3S/c1-17(2)20-5-4-6-21(14-20)26(19-7-9-31(10-8-19)35(3,33)34)30-16-25(32)24(29)13-18-11-22(27)15-23(28)12-18/h4-6,11-12,14-15,17,19,24-26,30,32H,7-10,13,16,29H2,1-3H3/t24?,25-,26+/m1/s1. The second-order valence-corrected chi connectivity index (χ2v) is 11.9. The molecule has 1 aliphatic rings. The lowest BCUT2D eigenvalue weighted by Crippen LogP contribution is -2.46. The van der Waals surface area contributed by atoms with Crippen LogP contribution in [0.5, 0.6) is 0 Å². The molecule has 0 bridgehead atoms. The average molecular weight is 510 g/mol. The van der Waals surface area contributed by atoms with Crippen LogP contribution in [0, 0.1) is 17.6 Å². The van der Waals surface area contributed by atoms with Crippen molar-refractivity contribution in [1.29, 1.82) is 0 Å². The molecule has 0 radical (unpaired) electrons. The van der Waals surface area contributed by atoms with E-state index in [1.165, 1.54) is 28.3 Å². The number of nitrogens with two attached hydrogens (primary N) is 1. The minimum absolute atomic E-state index is 0.0936. The molecule has 3 atom stereocenters. The Morgan fingerprint density at radius 3 is 2.26 bits per heavy atom. The number of nitrogens with zero attached hydrogens (tertiary/aromatic N) is 1. The summed E-state index contributed by atoms with van der Waals surface area (Å²) >= 11 is 0. The molecule has 1 heterocycles. The fraction of sp³-hybridized carbons (Fsp3) is 0.538. The zero-order valence-corrected chi connectivity index (χ0v) is 21.4. The molecule has 0 saturated carbocycles. The number of benzene rings is 2. The predicted octanol–water partition coefficient (Wildman–Crippen LogP) is 3.32. The third-order valence-corrected chi connectivity index (χ3v) is 8.11. The summed E-state index contributed by atoms with van der Waals surface area (Å²) in [6.07, 6.45) is 1.82. The third kappa shape index (κ3) is 7.79. The van der Waals surface area contributed by atoms with Crippen molar-refractivity contribution in [3.05, 3.63) is 70.8 Å². The lowest BCUT2D eigenvalue weighted by Gasteiger charge is -2.36. The van der Waals surface area contributed by atoms with Crippen LogP contribution in [-0.2, 0) is 16.4 Å². The van der Waals surface area contributed by atoms with Gasteiger partial charge in [0.15, 0.2) is 0 Å². The average Bonchev–Trinajstić information content (AvgIpc) is 2.78. The summed E-state index contributed by atoms with van der Waals surface area (Å²) < 4.78 is 52.5. The van der Waals surface area contributed by atoms with Gasteiger partial charge in [0.2, 0.25) is 10.0 Å². The maximum Gasteiger partial charge on any atom is 0.211 e. The van der Waals surface area contributed by atoms with E-state index in [-0.39, 0.29) is 24.9 Å². The van der Waals surface area contributed by atoms with Gasteiger partial charge in [-0.1, -0.05) is 38.1 Å². The second kappa shape index (κ2) is 11.9. The van der Waals surface area contributed by atoms with Crippen molar-refractivity contribution in [2.24, 2.45) is 11.7 Å². The van der Waals surface area contributed by atoms with Crippen molar-refractivity contribution in [2.45, 2.75) is 57.2 Å². The van der Waals surface area contributed by atoms with Crippen molar-refractivity contribution in [3.63, 3.8) is 0 Å². The fourth-order valence-corrected chi connectivity index (χ4v) is 5.62. The number of hydrogen-bond acceptors (Lipinski definition) is 5. The van der Waals surface area contributed by atoms with E-state index in [9.17, 15) is 22.3 Å². The minimum atomic E-state index is -3.23. The topological polar surface area (TPSA) is 95.7 Å². The molecule has 9 heteroatoms. The maximum atomic E-state index is 13.5. The summed E-state index contributed by atoms with van der Waals surface area (Å²) in [5.74, 6) is -0.819. The van der Waals surface area contributed by atoms with Gasteiger partial charge in [0, 0.05) is 37.8 Å². The van der Waals surface area contributed by atoms with Gasteiger partial charge >= 0.3 is 0 Å². The highest BCUT2D eigenvalue weighted by Crippen LogP contribution is 2.33. The fourth-order valence-electron chi connectivity index (χ4n) is 4.75. The van der Waals surface area contributed by atoms with Crippen LogP contribution in [0.25, 0.3) is 0 Å². The first-order valence-electron chi connectivity index (χ1n) is 12.1. The van der Waals surface area contributed by atoms with Gasteiger partial charge in [0.1, 0.15) is 11.6 Å². The van der Waals surface area contributed by atoms with Gasteiger partial charge in [-0.05, 0) is 59.9 Å². The molecule has 0 aliphatic carbocycles. The Kier molecular flexibility index (Phi) is 9.40. The van der Waals surface area contributed by atoms with E-state index in [0.29, 0.717) is 37.4 Å². The molecule has 6 nitrogen and oxygen atoms in total. The molecular weight excluding hydrogens is 472 g/mol. The molecule has 2 aromatic carbocycles. The Morgan fingerprint density at radius 1 is 1.09 bits per heavy atom. The highest BCUT2D eigenvalue weighted by molar-refractivity contribution is 7.88. The largest absolute Gasteiger partial charge is 0.390 e.